The maximum absolute atomic E-state index is 13.5. The number of benzene rings is 1. The zero-order chi connectivity index (χ0) is 13.8. The first-order valence-corrected chi connectivity index (χ1v) is 8.01. The molecule has 1 N–H and O–H groups in total. The molecular formula is C16H19FN2S. The first-order chi connectivity index (χ1) is 9.83. The average Bonchev–Trinajstić information content (AvgIpc) is 3.18. The molecule has 0 saturated heterocycles. The van der Waals surface area contributed by atoms with E-state index in [4.69, 9.17) is 0 Å². The minimum absolute atomic E-state index is 0.177. The van der Waals surface area contributed by atoms with E-state index < -0.39 is 0 Å². The van der Waals surface area contributed by atoms with Crippen LogP contribution in [-0.2, 0) is 6.54 Å². The van der Waals surface area contributed by atoms with Gasteiger partial charge in [0.25, 0.3) is 0 Å². The summed E-state index contributed by atoms with van der Waals surface area (Å²) in [6, 6.07) is 9.76. The molecule has 0 unspecified atom stereocenters. The van der Waals surface area contributed by atoms with Crippen LogP contribution < -0.4 is 5.32 Å². The van der Waals surface area contributed by atoms with Crippen molar-refractivity contribution in [3.05, 3.63) is 52.5 Å². The summed E-state index contributed by atoms with van der Waals surface area (Å²) in [4.78, 5) is 2.50. The molecule has 1 heterocycles. The van der Waals surface area contributed by atoms with Gasteiger partial charge in [0, 0.05) is 25.7 Å². The number of nitrogens with zero attached hydrogens (tertiary/aromatic N) is 1. The standard InChI is InChI=1S/C16H19FN2S/c17-15-3-1-2-4-16(15)18-8-9-19(14-5-6-14)11-13-7-10-20-12-13/h1-4,7,10,12,14,18H,5-6,8-9,11H2. The Bertz CT molecular complexity index is 537. The molecule has 0 spiro atoms. The molecule has 1 saturated carbocycles. The molecule has 106 valence electrons. The highest BCUT2D eigenvalue weighted by Gasteiger charge is 2.28. The van der Waals surface area contributed by atoms with Gasteiger partial charge in [-0.3, -0.25) is 4.90 Å². The molecule has 2 aromatic rings. The third-order valence-electron chi connectivity index (χ3n) is 3.62. The smallest absolute Gasteiger partial charge is 0.146 e. The van der Waals surface area contributed by atoms with Crippen molar-refractivity contribution in [2.45, 2.75) is 25.4 Å². The van der Waals surface area contributed by atoms with Gasteiger partial charge in [-0.2, -0.15) is 11.3 Å². The molecule has 0 amide bonds. The maximum Gasteiger partial charge on any atom is 0.146 e. The maximum atomic E-state index is 13.5. The number of anilines is 1. The molecule has 2 nitrogen and oxygen atoms in total. The van der Waals surface area contributed by atoms with E-state index in [2.05, 4.69) is 27.0 Å². The number of rotatable bonds is 7. The van der Waals surface area contributed by atoms with Crippen LogP contribution in [-0.4, -0.2) is 24.0 Å². The van der Waals surface area contributed by atoms with Gasteiger partial charge >= 0.3 is 0 Å². The molecule has 0 radical (unpaired) electrons. The first kappa shape index (κ1) is 13.6. The van der Waals surface area contributed by atoms with E-state index in [1.165, 1.54) is 24.5 Å². The van der Waals surface area contributed by atoms with Crippen LogP contribution in [0.1, 0.15) is 18.4 Å². The van der Waals surface area contributed by atoms with E-state index in [9.17, 15) is 4.39 Å². The lowest BCUT2D eigenvalue weighted by molar-refractivity contribution is 0.265. The van der Waals surface area contributed by atoms with E-state index in [1.54, 1.807) is 23.5 Å². The molecule has 1 aliphatic carbocycles. The van der Waals surface area contributed by atoms with Crippen LogP contribution in [0.5, 0.6) is 0 Å². The highest BCUT2D eigenvalue weighted by Crippen LogP contribution is 2.28. The summed E-state index contributed by atoms with van der Waals surface area (Å²) >= 11 is 1.74. The van der Waals surface area contributed by atoms with Crippen molar-refractivity contribution in [2.75, 3.05) is 18.4 Å². The summed E-state index contributed by atoms with van der Waals surface area (Å²) in [5.74, 6) is -0.177. The Kier molecular flexibility index (Phi) is 4.33. The van der Waals surface area contributed by atoms with Crippen molar-refractivity contribution in [2.24, 2.45) is 0 Å². The molecule has 1 aliphatic rings. The van der Waals surface area contributed by atoms with Crippen LogP contribution in [0.2, 0.25) is 0 Å². The minimum atomic E-state index is -0.177. The lowest BCUT2D eigenvalue weighted by Gasteiger charge is -2.22. The van der Waals surface area contributed by atoms with Gasteiger partial charge < -0.3 is 5.32 Å². The summed E-state index contributed by atoms with van der Waals surface area (Å²) in [7, 11) is 0. The molecule has 1 aromatic heterocycles. The normalized spacial score (nSPS) is 14.7. The van der Waals surface area contributed by atoms with Gasteiger partial charge in [0.1, 0.15) is 5.82 Å². The van der Waals surface area contributed by atoms with E-state index in [1.807, 2.05) is 6.07 Å². The fourth-order valence-corrected chi connectivity index (χ4v) is 3.05. The predicted octanol–water partition coefficient (Wildman–Crippen LogP) is 3.96. The van der Waals surface area contributed by atoms with Gasteiger partial charge in [0.05, 0.1) is 5.69 Å². The zero-order valence-corrected chi connectivity index (χ0v) is 12.2. The lowest BCUT2D eigenvalue weighted by Crippen LogP contribution is -2.30. The van der Waals surface area contributed by atoms with Crippen LogP contribution >= 0.6 is 11.3 Å². The van der Waals surface area contributed by atoms with Crippen molar-refractivity contribution in [3.63, 3.8) is 0 Å². The number of nitrogens with one attached hydrogen (secondary N) is 1. The summed E-state index contributed by atoms with van der Waals surface area (Å²) in [5, 5.41) is 7.52. The molecule has 20 heavy (non-hydrogen) atoms. The fraction of sp³-hybridized carbons (Fsp3) is 0.375. The Labute approximate surface area is 123 Å². The third kappa shape index (κ3) is 3.58. The number of halogens is 1. The highest BCUT2D eigenvalue weighted by molar-refractivity contribution is 7.07. The van der Waals surface area contributed by atoms with E-state index in [0.717, 1.165) is 25.7 Å². The molecule has 0 atom stereocenters. The Morgan fingerprint density at radius 2 is 2.10 bits per heavy atom. The number of hydrogen-bond acceptors (Lipinski definition) is 3. The summed E-state index contributed by atoms with van der Waals surface area (Å²) in [5.41, 5.74) is 1.98. The van der Waals surface area contributed by atoms with E-state index in [-0.39, 0.29) is 5.82 Å². The van der Waals surface area contributed by atoms with Crippen molar-refractivity contribution in [1.82, 2.24) is 4.90 Å². The van der Waals surface area contributed by atoms with Gasteiger partial charge in [-0.25, -0.2) is 4.39 Å². The van der Waals surface area contributed by atoms with Gasteiger partial charge in [0.2, 0.25) is 0 Å². The van der Waals surface area contributed by atoms with Crippen LogP contribution in [0.4, 0.5) is 10.1 Å². The van der Waals surface area contributed by atoms with Gasteiger partial charge in [-0.05, 0) is 47.4 Å². The lowest BCUT2D eigenvalue weighted by atomic mass is 10.3. The van der Waals surface area contributed by atoms with Gasteiger partial charge in [0.15, 0.2) is 0 Å². The molecular weight excluding hydrogens is 271 g/mol. The number of thiophene rings is 1. The Balaban J connectivity index is 1.51. The Morgan fingerprint density at radius 3 is 2.80 bits per heavy atom. The molecule has 1 aromatic carbocycles. The van der Waals surface area contributed by atoms with Crippen molar-refractivity contribution in [1.29, 1.82) is 0 Å². The largest absolute Gasteiger partial charge is 0.381 e. The fourth-order valence-electron chi connectivity index (χ4n) is 2.39. The minimum Gasteiger partial charge on any atom is -0.381 e. The van der Waals surface area contributed by atoms with Crippen LogP contribution in [0, 0.1) is 5.82 Å². The van der Waals surface area contributed by atoms with Crippen molar-refractivity contribution >= 4 is 17.0 Å². The van der Waals surface area contributed by atoms with Crippen molar-refractivity contribution in [3.8, 4) is 0 Å². The van der Waals surface area contributed by atoms with Crippen LogP contribution in [0.3, 0.4) is 0 Å². The summed E-state index contributed by atoms with van der Waals surface area (Å²) in [6.07, 6.45) is 2.59. The second-order valence-electron chi connectivity index (χ2n) is 5.24. The molecule has 1 fully saturated rings. The van der Waals surface area contributed by atoms with E-state index >= 15 is 0 Å². The number of hydrogen-bond donors (Lipinski definition) is 1. The van der Waals surface area contributed by atoms with Gasteiger partial charge in [-0.1, -0.05) is 12.1 Å². The average molecular weight is 290 g/mol. The Hall–Kier alpha value is -1.39. The Morgan fingerprint density at radius 1 is 1.25 bits per heavy atom. The monoisotopic (exact) mass is 290 g/mol. The van der Waals surface area contributed by atoms with E-state index in [0.29, 0.717) is 5.69 Å². The molecule has 0 bridgehead atoms. The quantitative estimate of drug-likeness (QED) is 0.830. The number of para-hydroxylation sites is 1. The predicted molar refractivity (Wildman–Crippen MR) is 82.6 cm³/mol. The van der Waals surface area contributed by atoms with Crippen LogP contribution in [0.25, 0.3) is 0 Å². The third-order valence-corrected chi connectivity index (χ3v) is 4.35. The molecule has 3 rings (SSSR count). The zero-order valence-electron chi connectivity index (χ0n) is 11.4. The first-order valence-electron chi connectivity index (χ1n) is 7.06. The van der Waals surface area contributed by atoms with Crippen molar-refractivity contribution < 1.29 is 4.39 Å². The second kappa shape index (κ2) is 6.37. The SMILES string of the molecule is Fc1ccccc1NCCN(Cc1ccsc1)C1CC1. The second-order valence-corrected chi connectivity index (χ2v) is 6.02. The summed E-state index contributed by atoms with van der Waals surface area (Å²) in [6.45, 7) is 2.74. The highest BCUT2D eigenvalue weighted by atomic mass is 32.1. The topological polar surface area (TPSA) is 15.3 Å². The summed E-state index contributed by atoms with van der Waals surface area (Å²) < 4.78 is 13.5. The molecule has 4 heteroatoms. The molecule has 0 aliphatic heterocycles. The van der Waals surface area contributed by atoms with Crippen LogP contribution in [0.15, 0.2) is 41.1 Å². The van der Waals surface area contributed by atoms with Gasteiger partial charge in [-0.15, -0.1) is 0 Å².